The molecule has 0 saturated carbocycles. The maximum atomic E-state index is 14.2. The quantitative estimate of drug-likeness (QED) is 0.173. The van der Waals surface area contributed by atoms with E-state index in [1.54, 1.807) is 0 Å². The number of likely N-dealkylation sites (N-methyl/N-ethyl adjacent to an activating group) is 1. The molecular formula is C34H31F10N3O4. The van der Waals surface area contributed by atoms with Gasteiger partial charge in [-0.2, -0.15) is 39.5 Å². The van der Waals surface area contributed by atoms with E-state index in [2.05, 4.69) is 4.98 Å². The molecule has 3 aromatic rings. The lowest BCUT2D eigenvalue weighted by Crippen LogP contribution is -2.46. The minimum atomic E-state index is -5.19. The van der Waals surface area contributed by atoms with Gasteiger partial charge in [0.2, 0.25) is 11.8 Å². The molecule has 0 bridgehead atoms. The van der Waals surface area contributed by atoms with Crippen LogP contribution in [0.15, 0.2) is 48.7 Å². The Labute approximate surface area is 285 Å². The number of pyridine rings is 1. The number of hydrogen-bond acceptors (Lipinski definition) is 5. The van der Waals surface area contributed by atoms with E-state index in [9.17, 15) is 58.3 Å². The molecule has 0 N–H and O–H groups in total. The van der Waals surface area contributed by atoms with Crippen LogP contribution in [0, 0.1) is 12.7 Å². The molecule has 7 nitrogen and oxygen atoms in total. The highest BCUT2D eigenvalue weighted by Gasteiger charge is 2.50. The van der Waals surface area contributed by atoms with Crippen molar-refractivity contribution in [1.82, 2.24) is 9.88 Å². The lowest BCUT2D eigenvalue weighted by atomic mass is 9.81. The van der Waals surface area contributed by atoms with Crippen molar-refractivity contribution in [2.45, 2.75) is 70.0 Å². The zero-order chi connectivity index (χ0) is 38.4. The summed E-state index contributed by atoms with van der Waals surface area (Å²) in [6.45, 7) is 3.16. The fourth-order valence-electron chi connectivity index (χ4n) is 6.00. The zero-order valence-corrected chi connectivity index (χ0v) is 27.6. The van der Waals surface area contributed by atoms with Crippen LogP contribution in [0.4, 0.5) is 49.6 Å². The lowest BCUT2D eigenvalue weighted by molar-refractivity contribution is -0.169. The Morgan fingerprint density at radius 1 is 0.902 bits per heavy atom. The van der Waals surface area contributed by atoms with E-state index in [0.29, 0.717) is 17.0 Å². The van der Waals surface area contributed by atoms with Crippen LogP contribution >= 0.6 is 0 Å². The fourth-order valence-corrected chi connectivity index (χ4v) is 6.00. The lowest BCUT2D eigenvalue weighted by Gasteiger charge is -2.32. The molecule has 1 aromatic heterocycles. The van der Waals surface area contributed by atoms with Gasteiger partial charge in [0.15, 0.2) is 0 Å². The summed E-state index contributed by atoms with van der Waals surface area (Å²) in [5.74, 6) is -5.09. The van der Waals surface area contributed by atoms with Crippen LogP contribution < -0.4 is 4.90 Å². The Hall–Kier alpha value is -4.70. The molecule has 2 atom stereocenters. The van der Waals surface area contributed by atoms with Crippen molar-refractivity contribution in [3.05, 3.63) is 82.4 Å². The number of benzene rings is 2. The van der Waals surface area contributed by atoms with Gasteiger partial charge in [0.1, 0.15) is 18.4 Å². The maximum Gasteiger partial charge on any atom is 0.416 e. The second-order valence-corrected chi connectivity index (χ2v) is 12.5. The van der Waals surface area contributed by atoms with E-state index in [-0.39, 0.29) is 40.7 Å². The summed E-state index contributed by atoms with van der Waals surface area (Å²) in [4.78, 5) is 45.4. The van der Waals surface area contributed by atoms with Crippen LogP contribution in [0.25, 0.3) is 11.1 Å². The topological polar surface area (TPSA) is 79.8 Å². The molecule has 2 heterocycles. The number of esters is 1. The monoisotopic (exact) mass is 735 g/mol. The summed E-state index contributed by atoms with van der Waals surface area (Å²) in [5, 5.41) is 0. The van der Waals surface area contributed by atoms with Gasteiger partial charge in [0.25, 0.3) is 0 Å². The Kier molecular flexibility index (Phi) is 10.6. The summed E-state index contributed by atoms with van der Waals surface area (Å²) in [5.41, 5.74) is -5.47. The Morgan fingerprint density at radius 3 is 1.98 bits per heavy atom. The first-order valence-corrected chi connectivity index (χ1v) is 15.2. The molecule has 1 fully saturated rings. The first kappa shape index (κ1) is 39.1. The molecule has 1 saturated heterocycles. The number of nitrogens with zero attached hydrogens (tertiary/aromatic N) is 3. The molecule has 4 rings (SSSR count). The van der Waals surface area contributed by atoms with Gasteiger partial charge in [-0.1, -0.05) is 6.07 Å². The van der Waals surface area contributed by atoms with Crippen LogP contribution in [-0.2, 0) is 36.9 Å². The second kappa shape index (κ2) is 13.8. The van der Waals surface area contributed by atoms with Gasteiger partial charge in [-0.15, -0.1) is 0 Å². The summed E-state index contributed by atoms with van der Waals surface area (Å²) in [7, 11) is 1.17. The molecular weight excluding hydrogens is 704 g/mol. The minimum Gasteiger partial charge on any atom is -0.464 e. The molecule has 0 aliphatic carbocycles. The van der Waals surface area contributed by atoms with E-state index in [1.165, 1.54) is 33.0 Å². The smallest absolute Gasteiger partial charge is 0.416 e. The number of amides is 2. The molecule has 17 heteroatoms. The molecule has 2 amide bonds. The summed E-state index contributed by atoms with van der Waals surface area (Å²) in [6, 6.07) is 3.82. The molecule has 2 aromatic carbocycles. The van der Waals surface area contributed by atoms with Crippen LogP contribution in [0.1, 0.15) is 61.1 Å². The molecule has 0 spiro atoms. The Bertz CT molecular complexity index is 1800. The number of halogens is 10. The average molecular weight is 736 g/mol. The Morgan fingerprint density at radius 2 is 1.47 bits per heavy atom. The van der Waals surface area contributed by atoms with Gasteiger partial charge in [-0.3, -0.25) is 14.6 Å². The number of aromatic nitrogens is 1. The second-order valence-electron chi connectivity index (χ2n) is 12.5. The number of aryl methyl sites for hydroxylation is 1. The van der Waals surface area contributed by atoms with Crippen LogP contribution in [0.2, 0.25) is 0 Å². The van der Waals surface area contributed by atoms with Crippen LogP contribution in [0.3, 0.4) is 0 Å². The van der Waals surface area contributed by atoms with E-state index < -0.39 is 89.2 Å². The van der Waals surface area contributed by atoms with E-state index in [4.69, 9.17) is 4.74 Å². The average Bonchev–Trinajstić information content (AvgIpc) is 3.33. The van der Waals surface area contributed by atoms with Gasteiger partial charge in [-0.05, 0) is 80.8 Å². The van der Waals surface area contributed by atoms with Crippen LogP contribution in [0.5, 0.6) is 0 Å². The number of rotatable bonds is 8. The minimum absolute atomic E-state index is 0.0704. The van der Waals surface area contributed by atoms with E-state index in [0.717, 1.165) is 37.1 Å². The highest BCUT2D eigenvalue weighted by atomic mass is 19.4. The van der Waals surface area contributed by atoms with Crippen molar-refractivity contribution >= 4 is 23.5 Å². The van der Waals surface area contributed by atoms with Crippen molar-refractivity contribution in [3.63, 3.8) is 0 Å². The number of carbonyl (C=O) groups is 3. The standard InChI is InChI=1S/C34H31F10N3O4/c1-6-51-29(49)28-24(14-27(48)47(28)16-32(36,37)38)25-13-23(22-8-7-21(35)9-17(22)2)26(15-45-25)46(5)30(50)31(3,4)18-10-19(33(39,40)41)12-20(11-18)34(42,43)44/h7-13,15,24,28H,6,14,16H2,1-5H3/t24?,28-/m0/s1. The van der Waals surface area contributed by atoms with Gasteiger partial charge < -0.3 is 14.5 Å². The normalized spacial score (nSPS) is 17.2. The summed E-state index contributed by atoms with van der Waals surface area (Å²) in [6.07, 6.45) is -14.8. The number of hydrogen-bond donors (Lipinski definition) is 0. The predicted octanol–water partition coefficient (Wildman–Crippen LogP) is 7.98. The molecule has 1 aliphatic heterocycles. The number of likely N-dealkylation sites (tertiary alicyclic amines) is 1. The summed E-state index contributed by atoms with van der Waals surface area (Å²) < 4.78 is 141. The maximum absolute atomic E-state index is 14.2. The highest BCUT2D eigenvalue weighted by molar-refractivity contribution is 6.03. The number of anilines is 1. The third-order valence-corrected chi connectivity index (χ3v) is 8.58. The van der Waals surface area contributed by atoms with E-state index >= 15 is 0 Å². The van der Waals surface area contributed by atoms with Gasteiger partial charge in [0.05, 0.1) is 35.0 Å². The first-order valence-electron chi connectivity index (χ1n) is 15.2. The highest BCUT2D eigenvalue weighted by Crippen LogP contribution is 2.43. The molecule has 0 radical (unpaired) electrons. The fraction of sp³-hybridized carbons (Fsp3) is 0.412. The SMILES string of the molecule is CCOC(=O)[C@@H]1C(c2cc(-c3ccc(F)cc3C)c(N(C)C(=O)C(C)(C)c3cc(C(F)(F)F)cc(C(F)(F)F)c3)cn2)CC(=O)N1CC(F)(F)F. The van der Waals surface area contributed by atoms with Crippen LogP contribution in [-0.4, -0.2) is 60.1 Å². The number of ether oxygens (including phenoxy) is 1. The zero-order valence-electron chi connectivity index (χ0n) is 27.6. The third-order valence-electron chi connectivity index (χ3n) is 8.58. The first-order chi connectivity index (χ1) is 23.4. The van der Waals surface area contributed by atoms with Crippen molar-refractivity contribution < 1.29 is 63.0 Å². The number of carbonyl (C=O) groups excluding carboxylic acids is 3. The third kappa shape index (κ3) is 8.28. The largest absolute Gasteiger partial charge is 0.464 e. The van der Waals surface area contributed by atoms with Gasteiger partial charge in [0, 0.05) is 30.6 Å². The molecule has 1 aliphatic rings. The van der Waals surface area contributed by atoms with Crippen molar-refractivity contribution in [3.8, 4) is 11.1 Å². The van der Waals surface area contributed by atoms with Crippen molar-refractivity contribution in [1.29, 1.82) is 0 Å². The van der Waals surface area contributed by atoms with Crippen molar-refractivity contribution in [2.75, 3.05) is 25.1 Å². The Balaban J connectivity index is 1.88. The van der Waals surface area contributed by atoms with Gasteiger partial charge >= 0.3 is 24.5 Å². The molecule has 276 valence electrons. The summed E-state index contributed by atoms with van der Waals surface area (Å²) >= 11 is 0. The molecule has 1 unspecified atom stereocenters. The van der Waals surface area contributed by atoms with Gasteiger partial charge in [-0.25, -0.2) is 9.18 Å². The van der Waals surface area contributed by atoms with E-state index in [1.807, 2.05) is 0 Å². The number of alkyl halides is 9. The molecule has 51 heavy (non-hydrogen) atoms. The van der Waals surface area contributed by atoms with Crippen molar-refractivity contribution in [2.24, 2.45) is 0 Å². The predicted molar refractivity (Wildman–Crippen MR) is 163 cm³/mol.